The third kappa shape index (κ3) is 3.78. The Balaban J connectivity index is 1.89. The predicted molar refractivity (Wildman–Crippen MR) is 116 cm³/mol. The van der Waals surface area contributed by atoms with Crippen LogP contribution in [0.3, 0.4) is 0 Å². The largest absolute Gasteiger partial charge is 0.497 e. The summed E-state index contributed by atoms with van der Waals surface area (Å²) in [6, 6.07) is 13.5. The normalized spacial score (nSPS) is 20.4. The second-order valence-electron chi connectivity index (χ2n) is 6.73. The Morgan fingerprint density at radius 2 is 1.77 bits per heavy atom. The van der Waals surface area contributed by atoms with Crippen LogP contribution in [0.5, 0.6) is 5.75 Å². The van der Waals surface area contributed by atoms with Gasteiger partial charge in [0.05, 0.1) is 18.1 Å². The first-order valence-electron chi connectivity index (χ1n) is 8.95. The van der Waals surface area contributed by atoms with Gasteiger partial charge >= 0.3 is 10.8 Å². The zero-order valence-electron chi connectivity index (χ0n) is 15.6. The van der Waals surface area contributed by atoms with Crippen LogP contribution in [0.25, 0.3) is 0 Å². The van der Waals surface area contributed by atoms with Gasteiger partial charge in [0.15, 0.2) is 5.78 Å². The van der Waals surface area contributed by atoms with Crippen LogP contribution in [0.1, 0.15) is 26.7 Å². The molecule has 0 amide bonds. The number of aromatic amines is 1. The van der Waals surface area contributed by atoms with Crippen molar-refractivity contribution in [3.05, 3.63) is 79.2 Å². The van der Waals surface area contributed by atoms with Crippen LogP contribution in [0.15, 0.2) is 58.4 Å². The van der Waals surface area contributed by atoms with Crippen molar-refractivity contribution in [3.63, 3.8) is 0 Å². The molecule has 3 unspecified atom stereocenters. The van der Waals surface area contributed by atoms with Crippen molar-refractivity contribution in [1.29, 1.82) is 0 Å². The van der Waals surface area contributed by atoms with Gasteiger partial charge < -0.3 is 14.8 Å². The van der Waals surface area contributed by atoms with E-state index in [9.17, 15) is 19.5 Å². The summed E-state index contributed by atoms with van der Waals surface area (Å²) in [5.74, 6) is -2.26. The van der Waals surface area contributed by atoms with E-state index in [1.54, 1.807) is 55.6 Å². The number of halogens is 1. The second-order valence-corrected chi connectivity index (χ2v) is 9.34. The Morgan fingerprint density at radius 1 is 1.10 bits per heavy atom. The summed E-state index contributed by atoms with van der Waals surface area (Å²) in [7, 11) is 1.55. The summed E-state index contributed by atoms with van der Waals surface area (Å²) in [5.41, 5.74) is 1.12. The van der Waals surface area contributed by atoms with E-state index in [4.69, 9.17) is 16.3 Å². The van der Waals surface area contributed by atoms with Gasteiger partial charge in [0, 0.05) is 21.4 Å². The minimum atomic E-state index is -1.11. The van der Waals surface area contributed by atoms with Gasteiger partial charge in [0.2, 0.25) is 0 Å². The van der Waals surface area contributed by atoms with Gasteiger partial charge in [0.25, 0.3) is 0 Å². The van der Waals surface area contributed by atoms with Gasteiger partial charge in [-0.25, -0.2) is 0 Å². The smallest absolute Gasteiger partial charge is 0.317 e. The zero-order valence-corrected chi connectivity index (χ0v) is 18.0. The average molecular weight is 462 g/mol. The number of aromatic nitrogens is 1. The number of hydrogen-bond donors (Lipinski definition) is 2. The molecular weight excluding hydrogens is 446 g/mol. The molecule has 6 nitrogen and oxygen atoms in total. The molecule has 4 rings (SSSR count). The lowest BCUT2D eigenvalue weighted by atomic mass is 9.78. The molecule has 2 heterocycles. The number of ether oxygens (including phenoxy) is 1. The minimum Gasteiger partial charge on any atom is -0.497 e. The molecule has 0 saturated heterocycles. The SMILES string of the molecule is COc1ccc(C2c3sc(=O)[nH]c3SC(C(=O)O)C2C(=O)c2ccc(Cl)cc2)cc1. The van der Waals surface area contributed by atoms with Crippen LogP contribution in [-0.2, 0) is 4.79 Å². The third-order valence-corrected chi connectivity index (χ3v) is 7.66. The van der Waals surface area contributed by atoms with Gasteiger partial charge in [-0.2, -0.15) is 0 Å². The highest BCUT2D eigenvalue weighted by Gasteiger charge is 2.47. The maximum Gasteiger partial charge on any atom is 0.317 e. The maximum absolute atomic E-state index is 13.5. The fourth-order valence-corrected chi connectivity index (χ4v) is 6.17. The number of Topliss-reactive ketones (excluding diaryl/α,β-unsaturated/α-hetero) is 1. The van der Waals surface area contributed by atoms with Crippen LogP contribution >= 0.6 is 34.7 Å². The molecule has 3 aromatic rings. The lowest BCUT2D eigenvalue weighted by molar-refractivity contribution is -0.137. The first-order chi connectivity index (χ1) is 14.4. The number of thioether (sulfide) groups is 1. The van der Waals surface area contributed by atoms with Gasteiger partial charge in [-0.05, 0) is 42.0 Å². The van der Waals surface area contributed by atoms with Crippen molar-refractivity contribution in [2.45, 2.75) is 16.2 Å². The molecule has 0 spiro atoms. The standard InChI is InChI=1S/C21H16ClNO5S2/c1-28-13-8-4-10(5-9-13)14-15(16(24)11-2-6-12(22)7-3-11)18(20(25)26)29-19-17(14)30-21(27)23-19/h2-9,14-15,18H,1H3,(H,23,27)(H,25,26). The van der Waals surface area contributed by atoms with E-state index in [0.717, 1.165) is 28.7 Å². The van der Waals surface area contributed by atoms with Crippen LogP contribution in [0.2, 0.25) is 5.02 Å². The third-order valence-electron chi connectivity index (χ3n) is 5.00. The Morgan fingerprint density at radius 3 is 2.37 bits per heavy atom. The second kappa shape index (κ2) is 8.29. The Labute approximate surface area is 184 Å². The van der Waals surface area contributed by atoms with Gasteiger partial charge in [-0.15, -0.1) is 0 Å². The highest BCUT2D eigenvalue weighted by Crippen LogP contribution is 2.50. The summed E-state index contributed by atoms with van der Waals surface area (Å²) in [5, 5.41) is 9.85. The number of carbonyl (C=O) groups is 2. The number of methoxy groups -OCH3 is 1. The zero-order chi connectivity index (χ0) is 21.4. The van der Waals surface area contributed by atoms with Gasteiger partial charge in [-0.3, -0.25) is 14.4 Å². The van der Waals surface area contributed by atoms with E-state index in [0.29, 0.717) is 26.2 Å². The van der Waals surface area contributed by atoms with Crippen molar-refractivity contribution >= 4 is 46.5 Å². The van der Waals surface area contributed by atoms with E-state index in [2.05, 4.69) is 4.98 Å². The lowest BCUT2D eigenvalue weighted by Gasteiger charge is -2.34. The number of benzene rings is 2. The number of carboxylic acids is 1. The highest BCUT2D eigenvalue weighted by atomic mass is 35.5. The van der Waals surface area contributed by atoms with Crippen molar-refractivity contribution in [1.82, 2.24) is 4.98 Å². The molecule has 1 aromatic heterocycles. The molecule has 0 fully saturated rings. The molecule has 0 radical (unpaired) electrons. The summed E-state index contributed by atoms with van der Waals surface area (Å²) < 4.78 is 5.21. The van der Waals surface area contributed by atoms with E-state index < -0.39 is 23.1 Å². The van der Waals surface area contributed by atoms with Gasteiger partial charge in [-0.1, -0.05) is 46.8 Å². The number of hydrogen-bond acceptors (Lipinski definition) is 6. The summed E-state index contributed by atoms with van der Waals surface area (Å²) in [6.45, 7) is 0. The molecule has 3 atom stereocenters. The monoisotopic (exact) mass is 461 g/mol. The van der Waals surface area contributed by atoms with Crippen molar-refractivity contribution < 1.29 is 19.4 Å². The molecule has 154 valence electrons. The maximum atomic E-state index is 13.5. The fraction of sp³-hybridized carbons (Fsp3) is 0.190. The van der Waals surface area contributed by atoms with E-state index in [-0.39, 0.29) is 10.7 Å². The predicted octanol–water partition coefficient (Wildman–Crippen LogP) is 4.29. The van der Waals surface area contributed by atoms with E-state index >= 15 is 0 Å². The number of carbonyl (C=O) groups excluding carboxylic acids is 1. The minimum absolute atomic E-state index is 0.283. The number of nitrogens with one attached hydrogen (secondary N) is 1. The molecule has 0 aliphatic carbocycles. The van der Waals surface area contributed by atoms with Crippen LogP contribution in [0.4, 0.5) is 0 Å². The molecule has 9 heteroatoms. The average Bonchev–Trinajstić information content (AvgIpc) is 3.12. The first kappa shape index (κ1) is 20.7. The van der Waals surface area contributed by atoms with Crippen molar-refractivity contribution in [3.8, 4) is 5.75 Å². The number of aliphatic carboxylic acids is 1. The fourth-order valence-electron chi connectivity index (χ4n) is 3.63. The summed E-state index contributed by atoms with van der Waals surface area (Å²) in [6.07, 6.45) is 0. The Bertz CT molecular complexity index is 1150. The van der Waals surface area contributed by atoms with Crippen LogP contribution < -0.4 is 9.61 Å². The number of fused-ring (bicyclic) bond motifs is 1. The molecule has 30 heavy (non-hydrogen) atoms. The summed E-state index contributed by atoms with van der Waals surface area (Å²) in [4.78, 5) is 40.8. The number of carboxylic acid groups (broad SMARTS) is 1. The topological polar surface area (TPSA) is 96.5 Å². The van der Waals surface area contributed by atoms with E-state index in [1.165, 1.54) is 0 Å². The Kier molecular flexibility index (Phi) is 5.73. The Hall–Kier alpha value is -2.55. The molecule has 1 aliphatic rings. The molecular formula is C21H16ClNO5S2. The quantitative estimate of drug-likeness (QED) is 0.550. The molecule has 2 N–H and O–H groups in total. The molecule has 1 aliphatic heterocycles. The number of rotatable bonds is 5. The number of H-pyrrole nitrogens is 1. The summed E-state index contributed by atoms with van der Waals surface area (Å²) >= 11 is 7.96. The van der Waals surface area contributed by atoms with Crippen LogP contribution in [-0.4, -0.2) is 34.2 Å². The van der Waals surface area contributed by atoms with Crippen molar-refractivity contribution in [2.75, 3.05) is 7.11 Å². The molecule has 2 aromatic carbocycles. The number of thiazole rings is 1. The van der Waals surface area contributed by atoms with E-state index in [1.807, 2.05) is 0 Å². The molecule has 0 bridgehead atoms. The number of ketones is 1. The lowest BCUT2D eigenvalue weighted by Crippen LogP contribution is -2.39. The van der Waals surface area contributed by atoms with Crippen LogP contribution in [0, 0.1) is 5.92 Å². The first-order valence-corrected chi connectivity index (χ1v) is 11.0. The van der Waals surface area contributed by atoms with Crippen molar-refractivity contribution in [2.24, 2.45) is 5.92 Å². The highest BCUT2D eigenvalue weighted by molar-refractivity contribution is 8.00. The molecule has 0 saturated carbocycles. The van der Waals surface area contributed by atoms with Gasteiger partial charge in [0.1, 0.15) is 11.0 Å².